The average Bonchev–Trinajstić information content (AvgIpc) is 2.68. The Hall–Kier alpha value is -1.49. The predicted octanol–water partition coefficient (Wildman–Crippen LogP) is 2.31. The summed E-state index contributed by atoms with van der Waals surface area (Å²) in [5.74, 6) is -1.05. The van der Waals surface area contributed by atoms with E-state index in [0.717, 1.165) is 19.3 Å². The van der Waals surface area contributed by atoms with Gasteiger partial charge in [0.1, 0.15) is 0 Å². The van der Waals surface area contributed by atoms with Crippen LogP contribution in [0.25, 0.3) is 0 Å². The molecule has 1 heterocycles. The van der Waals surface area contributed by atoms with Crippen LogP contribution in [-0.4, -0.2) is 23.5 Å². The van der Waals surface area contributed by atoms with Crippen molar-refractivity contribution in [2.45, 2.75) is 25.7 Å². The number of hydrogen-bond acceptors (Lipinski definition) is 3. The zero-order valence-electron chi connectivity index (χ0n) is 9.74. The van der Waals surface area contributed by atoms with Gasteiger partial charge in [0.25, 0.3) is 5.91 Å². The van der Waals surface area contributed by atoms with Crippen molar-refractivity contribution in [2.75, 3.05) is 6.54 Å². The number of carbonyl (C=O) groups is 2. The van der Waals surface area contributed by atoms with E-state index in [1.807, 2.05) is 0 Å². The van der Waals surface area contributed by atoms with Crippen molar-refractivity contribution in [3.05, 3.63) is 23.1 Å². The summed E-state index contributed by atoms with van der Waals surface area (Å²) in [5.41, 5.74) is -0.294. The summed E-state index contributed by atoms with van der Waals surface area (Å²) < 4.78 is 4.98. The molecule has 1 aromatic heterocycles. The first kappa shape index (κ1) is 13.0. The van der Waals surface area contributed by atoms with E-state index >= 15 is 0 Å². The van der Waals surface area contributed by atoms with Crippen LogP contribution in [-0.2, 0) is 4.79 Å². The lowest BCUT2D eigenvalue weighted by Crippen LogP contribution is -2.43. The highest BCUT2D eigenvalue weighted by Crippen LogP contribution is 2.43. The molecule has 2 N–H and O–H groups in total. The van der Waals surface area contributed by atoms with Crippen molar-refractivity contribution in [3.8, 4) is 0 Å². The maximum absolute atomic E-state index is 11.7. The molecule has 1 aliphatic rings. The third-order valence-corrected chi connectivity index (χ3v) is 3.56. The van der Waals surface area contributed by atoms with Crippen molar-refractivity contribution < 1.29 is 19.1 Å². The van der Waals surface area contributed by atoms with Gasteiger partial charge in [0, 0.05) is 6.54 Å². The summed E-state index contributed by atoms with van der Waals surface area (Å²) in [6, 6.07) is 2.98. The molecular weight excluding hydrogens is 258 g/mol. The van der Waals surface area contributed by atoms with Gasteiger partial charge in [-0.05, 0) is 42.0 Å². The summed E-state index contributed by atoms with van der Waals surface area (Å²) in [6.07, 6.45) is 2.76. The standard InChI is InChI=1S/C12H14ClNO4/c13-9-3-2-8(18-9)11(17)14-7-12(4-1-5-12)6-10(15)16/h2-3H,1,4-7H2,(H,14,17)(H,15,16). The van der Waals surface area contributed by atoms with E-state index < -0.39 is 5.97 Å². The highest BCUT2D eigenvalue weighted by atomic mass is 35.5. The molecule has 2 rings (SSSR count). The molecule has 0 aliphatic heterocycles. The maximum Gasteiger partial charge on any atom is 0.303 e. The lowest BCUT2D eigenvalue weighted by molar-refractivity contribution is -0.141. The molecule has 0 bridgehead atoms. The van der Waals surface area contributed by atoms with E-state index in [1.54, 1.807) is 0 Å². The van der Waals surface area contributed by atoms with E-state index in [4.69, 9.17) is 21.1 Å². The van der Waals surface area contributed by atoms with Gasteiger partial charge in [-0.15, -0.1) is 0 Å². The quantitative estimate of drug-likeness (QED) is 0.861. The van der Waals surface area contributed by atoms with Crippen LogP contribution < -0.4 is 5.32 Å². The lowest BCUT2D eigenvalue weighted by Gasteiger charge is -2.40. The van der Waals surface area contributed by atoms with Gasteiger partial charge in [0.15, 0.2) is 11.0 Å². The monoisotopic (exact) mass is 271 g/mol. The molecule has 0 saturated heterocycles. The van der Waals surface area contributed by atoms with Crippen LogP contribution in [0.2, 0.25) is 5.22 Å². The molecule has 1 aromatic rings. The number of halogens is 1. The first-order valence-electron chi connectivity index (χ1n) is 5.76. The molecule has 5 nitrogen and oxygen atoms in total. The van der Waals surface area contributed by atoms with Gasteiger partial charge in [0.2, 0.25) is 0 Å². The summed E-state index contributed by atoms with van der Waals surface area (Å²) in [4.78, 5) is 22.5. The van der Waals surface area contributed by atoms with Gasteiger partial charge in [-0.1, -0.05) is 6.42 Å². The Labute approximate surface area is 109 Å². The first-order chi connectivity index (χ1) is 8.51. The zero-order valence-corrected chi connectivity index (χ0v) is 10.5. The van der Waals surface area contributed by atoms with Crippen LogP contribution in [0.15, 0.2) is 16.5 Å². The molecule has 0 spiro atoms. The van der Waals surface area contributed by atoms with Gasteiger partial charge in [-0.3, -0.25) is 9.59 Å². The fourth-order valence-electron chi connectivity index (χ4n) is 2.20. The fourth-order valence-corrected chi connectivity index (χ4v) is 2.35. The second-order valence-electron chi connectivity index (χ2n) is 4.71. The van der Waals surface area contributed by atoms with Crippen LogP contribution >= 0.6 is 11.6 Å². The van der Waals surface area contributed by atoms with E-state index in [0.29, 0.717) is 6.54 Å². The molecular formula is C12H14ClNO4. The van der Waals surface area contributed by atoms with Gasteiger partial charge in [-0.25, -0.2) is 0 Å². The summed E-state index contributed by atoms with van der Waals surface area (Å²) in [6.45, 7) is 0.358. The number of rotatable bonds is 5. The normalized spacial score (nSPS) is 16.9. The van der Waals surface area contributed by atoms with E-state index in [-0.39, 0.29) is 28.7 Å². The zero-order chi connectivity index (χ0) is 13.2. The van der Waals surface area contributed by atoms with Crippen molar-refractivity contribution in [1.29, 1.82) is 0 Å². The largest absolute Gasteiger partial charge is 0.481 e. The number of nitrogens with one attached hydrogen (secondary N) is 1. The molecule has 0 radical (unpaired) electrons. The molecule has 0 atom stereocenters. The third-order valence-electron chi connectivity index (χ3n) is 3.36. The Balaban J connectivity index is 1.90. The van der Waals surface area contributed by atoms with Gasteiger partial charge >= 0.3 is 5.97 Å². The number of furan rings is 1. The van der Waals surface area contributed by atoms with E-state index in [2.05, 4.69) is 5.32 Å². The second-order valence-corrected chi connectivity index (χ2v) is 5.08. The average molecular weight is 272 g/mol. The fraction of sp³-hybridized carbons (Fsp3) is 0.500. The highest BCUT2D eigenvalue weighted by molar-refractivity contribution is 6.29. The number of aliphatic carboxylic acids is 1. The molecule has 1 saturated carbocycles. The van der Waals surface area contributed by atoms with Crippen LogP contribution in [0.4, 0.5) is 0 Å². The van der Waals surface area contributed by atoms with E-state index in [1.165, 1.54) is 12.1 Å². The van der Waals surface area contributed by atoms with Crippen molar-refractivity contribution in [1.82, 2.24) is 5.32 Å². The maximum atomic E-state index is 11.7. The Morgan fingerprint density at radius 2 is 2.17 bits per heavy atom. The Bertz CT molecular complexity index is 464. The Morgan fingerprint density at radius 3 is 2.61 bits per heavy atom. The van der Waals surface area contributed by atoms with E-state index in [9.17, 15) is 9.59 Å². The minimum atomic E-state index is -0.829. The van der Waals surface area contributed by atoms with Crippen molar-refractivity contribution in [3.63, 3.8) is 0 Å². The molecule has 1 fully saturated rings. The highest BCUT2D eigenvalue weighted by Gasteiger charge is 2.39. The van der Waals surface area contributed by atoms with Crippen LogP contribution in [0.3, 0.4) is 0 Å². The molecule has 1 aliphatic carbocycles. The molecule has 6 heteroatoms. The van der Waals surface area contributed by atoms with Crippen LogP contribution in [0.1, 0.15) is 36.2 Å². The summed E-state index contributed by atoms with van der Waals surface area (Å²) >= 11 is 5.58. The third kappa shape index (κ3) is 2.85. The predicted molar refractivity (Wildman–Crippen MR) is 64.6 cm³/mol. The molecule has 0 unspecified atom stereocenters. The smallest absolute Gasteiger partial charge is 0.303 e. The Kier molecular flexibility index (Phi) is 3.61. The summed E-state index contributed by atoms with van der Waals surface area (Å²) in [5, 5.41) is 11.7. The number of amides is 1. The van der Waals surface area contributed by atoms with Crippen LogP contribution in [0.5, 0.6) is 0 Å². The van der Waals surface area contributed by atoms with Crippen molar-refractivity contribution in [2.24, 2.45) is 5.41 Å². The SMILES string of the molecule is O=C(O)CC1(CNC(=O)c2ccc(Cl)o2)CCC1. The molecule has 0 aromatic carbocycles. The molecule has 98 valence electrons. The number of carboxylic acids is 1. The summed E-state index contributed by atoms with van der Waals surface area (Å²) in [7, 11) is 0. The van der Waals surface area contributed by atoms with Gasteiger partial charge in [-0.2, -0.15) is 0 Å². The van der Waals surface area contributed by atoms with Gasteiger partial charge in [0.05, 0.1) is 6.42 Å². The minimum Gasteiger partial charge on any atom is -0.481 e. The molecule has 18 heavy (non-hydrogen) atoms. The number of hydrogen-bond donors (Lipinski definition) is 2. The second kappa shape index (κ2) is 5.02. The lowest BCUT2D eigenvalue weighted by atomic mass is 9.66. The van der Waals surface area contributed by atoms with Crippen LogP contribution in [0, 0.1) is 5.41 Å². The number of carboxylic acid groups (broad SMARTS) is 1. The molecule has 1 amide bonds. The number of carbonyl (C=O) groups excluding carboxylic acids is 1. The Morgan fingerprint density at radius 1 is 1.44 bits per heavy atom. The topological polar surface area (TPSA) is 79.5 Å². The van der Waals surface area contributed by atoms with Crippen molar-refractivity contribution >= 4 is 23.5 Å². The minimum absolute atomic E-state index is 0.0895. The van der Waals surface area contributed by atoms with Gasteiger partial charge < -0.3 is 14.8 Å². The first-order valence-corrected chi connectivity index (χ1v) is 6.14.